The first-order valence-electron chi connectivity index (χ1n) is 18.0. The van der Waals surface area contributed by atoms with Crippen LogP contribution in [0.4, 0.5) is 4.79 Å². The molecule has 22 nitrogen and oxygen atoms in total. The van der Waals surface area contributed by atoms with Crippen LogP contribution in [-0.2, 0) is 65.7 Å². The maximum absolute atomic E-state index is 13.5. The Morgan fingerprint density at radius 3 is 1.85 bits per heavy atom. The summed E-state index contributed by atoms with van der Waals surface area (Å²) in [5, 5.41) is 37.5. The Kier molecular flexibility index (Phi) is 17.3. The second kappa shape index (κ2) is 22.0. The fraction of sp³-hybridized carbons (Fsp3) is 0.405. The number of carbonyl (C=O) groups is 10. The molecular weight excluding hydrogens is 782 g/mol. The van der Waals surface area contributed by atoms with E-state index in [-0.39, 0.29) is 13.0 Å². The summed E-state index contributed by atoms with van der Waals surface area (Å²) in [6.45, 7) is 1.52. The maximum Gasteiger partial charge on any atom is 0.408 e. The van der Waals surface area contributed by atoms with Gasteiger partial charge in [0.25, 0.3) is 17.7 Å². The molecule has 0 radical (unpaired) electrons. The monoisotopic (exact) mass is 827 g/mol. The lowest BCUT2D eigenvalue weighted by Gasteiger charge is -2.28. The zero-order chi connectivity index (χ0) is 43.8. The number of aliphatic carboxylic acids is 3. The van der Waals surface area contributed by atoms with Crippen LogP contribution in [0.15, 0.2) is 60.7 Å². The summed E-state index contributed by atoms with van der Waals surface area (Å²) in [7, 11) is 0. The molecule has 0 bridgehead atoms. The van der Waals surface area contributed by atoms with Crippen molar-refractivity contribution in [2.45, 2.75) is 82.5 Å². The lowest BCUT2D eigenvalue weighted by atomic mass is 10.0. The van der Waals surface area contributed by atoms with E-state index in [0.29, 0.717) is 16.1 Å². The van der Waals surface area contributed by atoms with Gasteiger partial charge in [0.15, 0.2) is 12.2 Å². The molecule has 22 heteroatoms. The van der Waals surface area contributed by atoms with Gasteiger partial charge in [0.1, 0.15) is 37.3 Å². The van der Waals surface area contributed by atoms with Crippen LogP contribution in [0.25, 0.3) is 0 Å². The highest BCUT2D eigenvalue weighted by molar-refractivity contribution is 5.99. The van der Waals surface area contributed by atoms with Crippen LogP contribution in [0, 0.1) is 5.92 Å². The number of hydrogen-bond acceptors (Lipinski definition) is 12. The molecule has 59 heavy (non-hydrogen) atoms. The largest absolute Gasteiger partial charge is 0.481 e. The zero-order valence-electron chi connectivity index (χ0n) is 31.8. The van der Waals surface area contributed by atoms with Crippen molar-refractivity contribution in [1.82, 2.24) is 31.7 Å². The van der Waals surface area contributed by atoms with Crippen LogP contribution in [-0.4, -0.2) is 123 Å². The molecule has 1 aliphatic heterocycles. The quantitative estimate of drug-likeness (QED) is 0.0466. The Hall–Kier alpha value is -7.10. The van der Waals surface area contributed by atoms with E-state index >= 15 is 0 Å². The SMILES string of the molecule is CC(C)[C@H](NC(=O)[C@H](CCC(=O)O)NC(=O)[C@H](CC(=O)O)NC(=O)OCc1ccccc1)C(=O)NN(CC(=O)O)C(=O)[C@H]1O[C@@H]1C(=O)N[C@@H](Cc1ccccc1)C(N)=O. The van der Waals surface area contributed by atoms with Crippen LogP contribution < -0.4 is 32.4 Å². The number of ether oxygens (including phenoxy) is 2. The van der Waals surface area contributed by atoms with E-state index in [1.807, 2.05) is 0 Å². The summed E-state index contributed by atoms with van der Waals surface area (Å²) in [6.07, 6.45) is -6.50. The maximum atomic E-state index is 13.5. The van der Waals surface area contributed by atoms with E-state index in [2.05, 4.69) is 26.7 Å². The average Bonchev–Trinajstić information content (AvgIpc) is 3.98. The molecule has 2 aromatic carbocycles. The Bertz CT molecular complexity index is 1880. The molecule has 10 N–H and O–H groups in total. The number of epoxide rings is 1. The first-order chi connectivity index (χ1) is 27.9. The summed E-state index contributed by atoms with van der Waals surface area (Å²) in [4.78, 5) is 126. The summed E-state index contributed by atoms with van der Waals surface area (Å²) in [5.41, 5.74) is 8.76. The van der Waals surface area contributed by atoms with Crippen molar-refractivity contribution in [3.05, 3.63) is 71.8 Å². The Morgan fingerprint density at radius 1 is 0.712 bits per heavy atom. The molecule has 0 aromatic heterocycles. The number of carboxylic acid groups (broad SMARTS) is 3. The first-order valence-corrected chi connectivity index (χ1v) is 18.0. The number of nitrogens with two attached hydrogens (primary N) is 1. The molecule has 0 unspecified atom stereocenters. The van der Waals surface area contributed by atoms with Crippen molar-refractivity contribution < 1.29 is 72.7 Å². The minimum Gasteiger partial charge on any atom is -0.481 e. The van der Waals surface area contributed by atoms with Crippen molar-refractivity contribution >= 4 is 59.4 Å². The van der Waals surface area contributed by atoms with Crippen LogP contribution in [0.2, 0.25) is 0 Å². The van der Waals surface area contributed by atoms with Crippen molar-refractivity contribution in [3.8, 4) is 0 Å². The second-order valence-electron chi connectivity index (χ2n) is 13.5. The summed E-state index contributed by atoms with van der Waals surface area (Å²) in [6, 6.07) is 10.6. The molecule has 1 fully saturated rings. The van der Waals surface area contributed by atoms with Crippen molar-refractivity contribution in [1.29, 1.82) is 0 Å². The normalized spacial score (nSPS) is 16.1. The van der Waals surface area contributed by atoms with Crippen LogP contribution in [0.3, 0.4) is 0 Å². The van der Waals surface area contributed by atoms with Gasteiger partial charge in [-0.1, -0.05) is 74.5 Å². The van der Waals surface area contributed by atoms with E-state index in [1.54, 1.807) is 60.7 Å². The van der Waals surface area contributed by atoms with Gasteiger partial charge in [-0.3, -0.25) is 48.6 Å². The molecule has 318 valence electrons. The minimum absolute atomic E-state index is 0.0151. The minimum atomic E-state index is -1.81. The number of nitrogens with zero attached hydrogens (tertiary/aromatic N) is 1. The molecule has 6 atom stereocenters. The predicted molar refractivity (Wildman–Crippen MR) is 199 cm³/mol. The highest BCUT2D eigenvalue weighted by atomic mass is 16.6. The van der Waals surface area contributed by atoms with Gasteiger partial charge in [-0.2, -0.15) is 0 Å². The van der Waals surface area contributed by atoms with E-state index < -0.39 is 128 Å². The number of hydrazine groups is 1. The van der Waals surface area contributed by atoms with Gasteiger partial charge in [-0.15, -0.1) is 0 Å². The first kappa shape index (κ1) is 46.3. The van der Waals surface area contributed by atoms with Gasteiger partial charge in [0.2, 0.25) is 17.7 Å². The number of primary amides is 1. The molecule has 3 rings (SSSR count). The molecule has 1 aliphatic rings. The molecule has 1 saturated heterocycles. The van der Waals surface area contributed by atoms with E-state index in [1.165, 1.54) is 13.8 Å². The predicted octanol–water partition coefficient (Wildman–Crippen LogP) is -1.83. The molecular formula is C37H45N7O15. The number of carbonyl (C=O) groups excluding carboxylic acids is 7. The van der Waals surface area contributed by atoms with Crippen LogP contribution in [0.1, 0.15) is 44.2 Å². The lowest BCUT2D eigenvalue weighted by molar-refractivity contribution is -0.151. The number of rotatable bonds is 22. The summed E-state index contributed by atoms with van der Waals surface area (Å²) in [5.74, 6) is -11.8. The third-order valence-corrected chi connectivity index (χ3v) is 8.47. The molecule has 0 aliphatic carbocycles. The Balaban J connectivity index is 1.70. The lowest BCUT2D eigenvalue weighted by Crippen LogP contribution is -2.60. The number of benzene rings is 2. The van der Waals surface area contributed by atoms with Gasteiger partial charge in [-0.25, -0.2) is 9.80 Å². The number of nitrogens with one attached hydrogen (secondary N) is 5. The van der Waals surface area contributed by atoms with Gasteiger partial charge < -0.3 is 51.8 Å². The van der Waals surface area contributed by atoms with Crippen molar-refractivity contribution in [2.75, 3.05) is 6.54 Å². The third-order valence-electron chi connectivity index (χ3n) is 8.47. The number of alkyl carbamates (subject to hydrolysis) is 1. The fourth-order valence-corrected chi connectivity index (χ4v) is 5.38. The third kappa shape index (κ3) is 15.4. The topological polar surface area (TPSA) is 343 Å². The fourth-order valence-electron chi connectivity index (χ4n) is 5.38. The van der Waals surface area contributed by atoms with Gasteiger partial charge in [0, 0.05) is 12.8 Å². The molecule has 2 aromatic rings. The standard InChI is InChI=1S/C37H45N7O15/c1-19(2)28(34(54)43-44(17-27(49)50)36(56)30-29(59-30)35(55)40-23(31(38)51)15-20-9-5-3-6-10-20)42-32(52)22(13-14-25(45)46)39-33(53)24(16-26(47)48)41-37(57)58-18-21-11-7-4-8-12-21/h3-12,19,22-24,28-30H,13-18H2,1-2H3,(H2,38,51)(H,39,53)(H,40,55)(H,41,57)(H,42,52)(H,43,54)(H,45,46)(H,47,48)(H,49,50)/t22-,23-,24-,28-,29-,30-/m0/s1. The summed E-state index contributed by atoms with van der Waals surface area (Å²) < 4.78 is 10.2. The highest BCUT2D eigenvalue weighted by Crippen LogP contribution is 2.25. The molecule has 0 saturated carbocycles. The Labute approximate surface area is 336 Å². The van der Waals surface area contributed by atoms with Crippen molar-refractivity contribution in [2.24, 2.45) is 11.7 Å². The number of amides is 7. The van der Waals surface area contributed by atoms with Crippen LogP contribution >= 0.6 is 0 Å². The highest BCUT2D eigenvalue weighted by Gasteiger charge is 2.53. The zero-order valence-corrected chi connectivity index (χ0v) is 31.8. The van der Waals surface area contributed by atoms with Crippen LogP contribution in [0.5, 0.6) is 0 Å². The molecule has 1 heterocycles. The van der Waals surface area contributed by atoms with E-state index in [4.69, 9.17) is 15.2 Å². The Morgan fingerprint density at radius 2 is 1.31 bits per heavy atom. The number of carboxylic acids is 3. The van der Waals surface area contributed by atoms with E-state index in [9.17, 15) is 63.3 Å². The second-order valence-corrected chi connectivity index (χ2v) is 13.5. The smallest absolute Gasteiger partial charge is 0.408 e. The molecule has 0 spiro atoms. The van der Waals surface area contributed by atoms with Gasteiger partial charge >= 0.3 is 24.0 Å². The van der Waals surface area contributed by atoms with Gasteiger partial charge in [-0.05, 0) is 23.5 Å². The number of hydrogen-bond donors (Lipinski definition) is 9. The summed E-state index contributed by atoms with van der Waals surface area (Å²) >= 11 is 0. The average molecular weight is 828 g/mol. The van der Waals surface area contributed by atoms with E-state index in [0.717, 1.165) is 0 Å². The molecule has 7 amide bonds. The van der Waals surface area contributed by atoms with Gasteiger partial charge in [0.05, 0.1) is 6.42 Å². The van der Waals surface area contributed by atoms with Crippen molar-refractivity contribution in [3.63, 3.8) is 0 Å².